The molecule has 0 aliphatic heterocycles. The van der Waals surface area contributed by atoms with Gasteiger partial charge in [0.2, 0.25) is 5.89 Å². The fourth-order valence-electron chi connectivity index (χ4n) is 2.31. The van der Waals surface area contributed by atoms with Crippen molar-refractivity contribution >= 4 is 5.91 Å². The Kier molecular flexibility index (Phi) is 5.34. The lowest BCUT2D eigenvalue weighted by Gasteiger charge is -2.14. The van der Waals surface area contributed by atoms with Crippen molar-refractivity contribution < 1.29 is 27.1 Å². The number of oxazole rings is 1. The van der Waals surface area contributed by atoms with Crippen LogP contribution in [0.2, 0.25) is 0 Å². The van der Waals surface area contributed by atoms with Gasteiger partial charge in [-0.05, 0) is 18.2 Å². The molecule has 28 heavy (non-hydrogen) atoms. The van der Waals surface area contributed by atoms with E-state index in [2.05, 4.69) is 15.2 Å². The lowest BCUT2D eigenvalue weighted by atomic mass is 10.2. The molecule has 0 saturated carbocycles. The predicted molar refractivity (Wildman–Crippen MR) is 89.1 cm³/mol. The molecular formula is C17H16F3N5O3. The van der Waals surface area contributed by atoms with Crippen LogP contribution in [0.4, 0.5) is 13.2 Å². The summed E-state index contributed by atoms with van der Waals surface area (Å²) in [5, 5.41) is 7.64. The Hall–Kier alpha value is -3.37. The van der Waals surface area contributed by atoms with Crippen LogP contribution in [0.25, 0.3) is 0 Å². The molecular weight excluding hydrogens is 379 g/mol. The molecule has 0 radical (unpaired) electrons. The first-order valence-electron chi connectivity index (χ1n) is 8.07. The fraction of sp³-hybridized carbons (Fsp3) is 0.294. The first-order valence-corrected chi connectivity index (χ1v) is 8.07. The van der Waals surface area contributed by atoms with Crippen molar-refractivity contribution in [1.29, 1.82) is 0 Å². The lowest BCUT2D eigenvalue weighted by Crippen LogP contribution is -2.27. The second-order valence-corrected chi connectivity index (χ2v) is 5.96. The Bertz CT molecular complexity index is 967. The normalized spacial score (nSPS) is 11.5. The van der Waals surface area contributed by atoms with Gasteiger partial charge >= 0.3 is 6.18 Å². The molecule has 1 aromatic carbocycles. The molecule has 8 nitrogen and oxygen atoms in total. The van der Waals surface area contributed by atoms with Crippen LogP contribution in [-0.4, -0.2) is 37.6 Å². The number of carbonyl (C=O) groups is 1. The number of hydrogen-bond acceptors (Lipinski definition) is 6. The van der Waals surface area contributed by atoms with E-state index in [1.807, 2.05) is 0 Å². The molecule has 0 fully saturated rings. The van der Waals surface area contributed by atoms with Gasteiger partial charge in [-0.15, -0.1) is 10.2 Å². The van der Waals surface area contributed by atoms with E-state index in [1.54, 1.807) is 18.7 Å². The third kappa shape index (κ3) is 4.48. The first-order chi connectivity index (χ1) is 13.2. The number of amides is 1. The van der Waals surface area contributed by atoms with Crippen LogP contribution < -0.4 is 4.74 Å². The molecule has 0 unspecified atom stereocenters. The van der Waals surface area contributed by atoms with Crippen LogP contribution >= 0.6 is 0 Å². The predicted octanol–water partition coefficient (Wildman–Crippen LogP) is 2.67. The third-order valence-electron chi connectivity index (χ3n) is 3.82. The molecule has 148 valence electrons. The molecule has 0 aliphatic rings. The molecule has 0 bridgehead atoms. The molecule has 3 rings (SSSR count). The Morgan fingerprint density at radius 2 is 2.14 bits per heavy atom. The Morgan fingerprint density at radius 1 is 1.36 bits per heavy atom. The summed E-state index contributed by atoms with van der Waals surface area (Å²) in [6, 6.07) is 4.45. The van der Waals surface area contributed by atoms with Crippen LogP contribution in [0.15, 0.2) is 41.3 Å². The van der Waals surface area contributed by atoms with Crippen LogP contribution in [0.5, 0.6) is 5.75 Å². The summed E-state index contributed by atoms with van der Waals surface area (Å²) in [5.41, 5.74) is -0.772. The summed E-state index contributed by atoms with van der Waals surface area (Å²) in [7, 11) is 3.33. The number of aryl methyl sites for hydroxylation is 1. The number of alkyl halides is 3. The number of benzene rings is 1. The standard InChI is InChI=1S/C17H16F3N5O3/c1-24(7-14-23-21-10-25(14)2)16(26)13-8-28-15(22-13)9-27-12-5-3-4-11(6-12)17(18,19)20/h3-6,8,10H,7,9H2,1-2H3. The first kappa shape index (κ1) is 19.4. The Balaban J connectivity index is 1.61. The highest BCUT2D eigenvalue weighted by Gasteiger charge is 2.30. The summed E-state index contributed by atoms with van der Waals surface area (Å²) < 4.78 is 50.3. The van der Waals surface area contributed by atoms with Gasteiger partial charge in [-0.1, -0.05) is 6.07 Å². The number of halogens is 3. The van der Waals surface area contributed by atoms with Crippen molar-refractivity contribution in [1.82, 2.24) is 24.6 Å². The van der Waals surface area contributed by atoms with Gasteiger partial charge in [0, 0.05) is 14.1 Å². The van der Waals surface area contributed by atoms with E-state index in [1.165, 1.54) is 29.6 Å². The number of nitrogens with zero attached hydrogens (tertiary/aromatic N) is 5. The van der Waals surface area contributed by atoms with Gasteiger partial charge in [-0.2, -0.15) is 13.2 Å². The maximum Gasteiger partial charge on any atom is 0.416 e. The van der Waals surface area contributed by atoms with Gasteiger partial charge in [-0.25, -0.2) is 4.98 Å². The van der Waals surface area contributed by atoms with Gasteiger partial charge in [0.1, 0.15) is 18.3 Å². The minimum absolute atomic E-state index is 0.0142. The fourth-order valence-corrected chi connectivity index (χ4v) is 2.31. The molecule has 11 heteroatoms. The summed E-state index contributed by atoms with van der Waals surface area (Å²) in [6.45, 7) is -0.000147. The van der Waals surface area contributed by atoms with Crippen molar-refractivity contribution in [2.75, 3.05) is 7.05 Å². The zero-order valence-electron chi connectivity index (χ0n) is 15.0. The van der Waals surface area contributed by atoms with E-state index in [-0.39, 0.29) is 30.5 Å². The quantitative estimate of drug-likeness (QED) is 0.638. The molecule has 0 atom stereocenters. The zero-order chi connectivity index (χ0) is 20.3. The van der Waals surface area contributed by atoms with Crippen molar-refractivity contribution in [3.63, 3.8) is 0 Å². The smallest absolute Gasteiger partial charge is 0.416 e. The molecule has 0 N–H and O–H groups in total. The molecule has 0 spiro atoms. The van der Waals surface area contributed by atoms with Gasteiger partial charge in [0.15, 0.2) is 18.1 Å². The average molecular weight is 395 g/mol. The Labute approximate surface area is 157 Å². The number of hydrogen-bond donors (Lipinski definition) is 0. The molecule has 2 heterocycles. The molecule has 3 aromatic rings. The second kappa shape index (κ2) is 7.71. The van der Waals surface area contributed by atoms with E-state index in [0.29, 0.717) is 5.82 Å². The van der Waals surface area contributed by atoms with Crippen LogP contribution in [0.3, 0.4) is 0 Å². The van der Waals surface area contributed by atoms with E-state index >= 15 is 0 Å². The highest BCUT2D eigenvalue weighted by molar-refractivity contribution is 5.91. The average Bonchev–Trinajstić information content (AvgIpc) is 3.28. The van der Waals surface area contributed by atoms with Crippen LogP contribution in [0.1, 0.15) is 27.8 Å². The highest BCUT2D eigenvalue weighted by atomic mass is 19.4. The molecule has 2 aromatic heterocycles. The largest absolute Gasteiger partial charge is 0.484 e. The van der Waals surface area contributed by atoms with Gasteiger partial charge in [0.25, 0.3) is 5.91 Å². The van der Waals surface area contributed by atoms with E-state index < -0.39 is 17.6 Å². The summed E-state index contributed by atoms with van der Waals surface area (Å²) in [4.78, 5) is 17.8. The SMILES string of the molecule is CN(Cc1nncn1C)C(=O)c1coc(COc2cccc(C(F)(F)F)c2)n1. The van der Waals surface area contributed by atoms with Crippen LogP contribution in [0, 0.1) is 0 Å². The van der Waals surface area contributed by atoms with Crippen molar-refractivity contribution in [2.45, 2.75) is 19.3 Å². The topological polar surface area (TPSA) is 86.3 Å². The number of ether oxygens (including phenoxy) is 1. The summed E-state index contributed by atoms with van der Waals surface area (Å²) in [5.74, 6) is 0.262. The zero-order valence-corrected chi connectivity index (χ0v) is 15.0. The van der Waals surface area contributed by atoms with Crippen molar-refractivity contribution in [2.24, 2.45) is 7.05 Å². The third-order valence-corrected chi connectivity index (χ3v) is 3.82. The molecule has 0 aliphatic carbocycles. The van der Waals surface area contributed by atoms with E-state index in [9.17, 15) is 18.0 Å². The maximum atomic E-state index is 12.7. The number of carbonyl (C=O) groups excluding carboxylic acids is 1. The number of aromatic nitrogens is 4. The monoisotopic (exact) mass is 395 g/mol. The lowest BCUT2D eigenvalue weighted by molar-refractivity contribution is -0.137. The van der Waals surface area contributed by atoms with Gasteiger partial charge < -0.3 is 18.6 Å². The maximum absolute atomic E-state index is 12.7. The van der Waals surface area contributed by atoms with Gasteiger partial charge in [0.05, 0.1) is 12.1 Å². The number of rotatable bonds is 6. The summed E-state index contributed by atoms with van der Waals surface area (Å²) >= 11 is 0. The van der Waals surface area contributed by atoms with Crippen molar-refractivity contribution in [3.05, 3.63) is 59.8 Å². The highest BCUT2D eigenvalue weighted by Crippen LogP contribution is 2.31. The minimum atomic E-state index is -4.46. The van der Waals surface area contributed by atoms with E-state index in [0.717, 1.165) is 12.1 Å². The molecule has 0 saturated heterocycles. The van der Waals surface area contributed by atoms with E-state index in [4.69, 9.17) is 9.15 Å². The Morgan fingerprint density at radius 3 is 2.82 bits per heavy atom. The summed E-state index contributed by atoms with van der Waals surface area (Å²) in [6.07, 6.45) is -1.78. The van der Waals surface area contributed by atoms with Gasteiger partial charge in [-0.3, -0.25) is 4.79 Å². The second-order valence-electron chi connectivity index (χ2n) is 5.96. The molecule has 1 amide bonds. The minimum Gasteiger partial charge on any atom is -0.484 e. The van der Waals surface area contributed by atoms with Crippen LogP contribution in [-0.2, 0) is 26.4 Å². The van der Waals surface area contributed by atoms with Crippen molar-refractivity contribution in [3.8, 4) is 5.75 Å².